The first-order valence-corrected chi connectivity index (χ1v) is 14.5. The second-order valence-electron chi connectivity index (χ2n) is 10.6. The highest BCUT2D eigenvalue weighted by molar-refractivity contribution is 7.99. The summed E-state index contributed by atoms with van der Waals surface area (Å²) in [4.78, 5) is 26.6. The van der Waals surface area contributed by atoms with Gasteiger partial charge >= 0.3 is 6.09 Å². The molecule has 0 bridgehead atoms. The summed E-state index contributed by atoms with van der Waals surface area (Å²) < 4.78 is 11.3. The smallest absolute Gasteiger partial charge is 0.408 e. The van der Waals surface area contributed by atoms with Gasteiger partial charge in [0, 0.05) is 14.8 Å². The van der Waals surface area contributed by atoms with E-state index < -0.39 is 17.2 Å². The third-order valence-electron chi connectivity index (χ3n) is 6.05. The Hall–Kier alpha value is -2.96. The zero-order valence-corrected chi connectivity index (χ0v) is 24.7. The number of benzene rings is 3. The Kier molecular flexibility index (Phi) is 11.3. The summed E-state index contributed by atoms with van der Waals surface area (Å²) in [5, 5.41) is 3.51. The van der Waals surface area contributed by atoms with Crippen LogP contribution in [0.3, 0.4) is 0 Å². The number of hydrogen-bond donors (Lipinski definition) is 1. The molecule has 0 radical (unpaired) electrons. The molecule has 1 unspecified atom stereocenters. The average molecular weight is 568 g/mol. The van der Waals surface area contributed by atoms with E-state index >= 15 is 0 Å². The van der Waals surface area contributed by atoms with Gasteiger partial charge in [-0.1, -0.05) is 79.2 Å². The Morgan fingerprint density at radius 2 is 1.72 bits per heavy atom. The minimum absolute atomic E-state index is 0.506. The van der Waals surface area contributed by atoms with E-state index in [1.165, 1.54) is 0 Å². The molecule has 0 fully saturated rings. The molecule has 0 aromatic heterocycles. The fourth-order valence-corrected chi connectivity index (χ4v) is 5.49. The Labute approximate surface area is 241 Å². The molecule has 0 saturated carbocycles. The van der Waals surface area contributed by atoms with Crippen LogP contribution in [0.15, 0.2) is 82.6 Å². The van der Waals surface area contributed by atoms with Crippen LogP contribution < -0.4 is 10.1 Å². The van der Waals surface area contributed by atoms with Crippen molar-refractivity contribution in [2.24, 2.45) is 0 Å². The van der Waals surface area contributed by atoms with Gasteiger partial charge in [0.1, 0.15) is 24.2 Å². The fraction of sp³-hybridized carbons (Fsp3) is 0.375. The molecule has 0 spiro atoms. The molecule has 208 valence electrons. The molecule has 7 heteroatoms. The Balaban J connectivity index is 1.58. The first-order chi connectivity index (χ1) is 18.6. The first kappa shape index (κ1) is 30.6. The number of aryl methyl sites for hydroxylation is 1. The highest BCUT2D eigenvalue weighted by Crippen LogP contribution is 2.33. The molecule has 0 aliphatic carbocycles. The molecular formula is C32H38ClNO4S. The lowest BCUT2D eigenvalue weighted by Gasteiger charge is -2.30. The lowest BCUT2D eigenvalue weighted by molar-refractivity contribution is -0.114. The van der Waals surface area contributed by atoms with Crippen molar-refractivity contribution in [3.05, 3.63) is 88.9 Å². The number of rotatable bonds is 13. The molecule has 5 nitrogen and oxygen atoms in total. The van der Waals surface area contributed by atoms with E-state index in [1.807, 2.05) is 73.7 Å². The predicted molar refractivity (Wildman–Crippen MR) is 159 cm³/mol. The van der Waals surface area contributed by atoms with Crippen LogP contribution in [-0.2, 0) is 22.6 Å². The summed E-state index contributed by atoms with van der Waals surface area (Å²) in [5.74, 6) is 0.817. The number of hydrogen-bond acceptors (Lipinski definition) is 5. The van der Waals surface area contributed by atoms with Gasteiger partial charge in [-0.2, -0.15) is 0 Å². The number of ether oxygens (including phenoxy) is 2. The van der Waals surface area contributed by atoms with Crippen LogP contribution in [0.25, 0.3) is 0 Å². The van der Waals surface area contributed by atoms with Crippen LogP contribution in [0.4, 0.5) is 4.79 Å². The molecule has 0 saturated heterocycles. The Bertz CT molecular complexity index is 1230. The minimum Gasteiger partial charge on any atom is -0.489 e. The van der Waals surface area contributed by atoms with Gasteiger partial charge < -0.3 is 19.6 Å². The van der Waals surface area contributed by atoms with Gasteiger partial charge in [-0.15, -0.1) is 0 Å². The van der Waals surface area contributed by atoms with Gasteiger partial charge in [0.2, 0.25) is 0 Å². The van der Waals surface area contributed by atoms with Crippen LogP contribution in [0, 0.1) is 0 Å². The van der Waals surface area contributed by atoms with Crippen LogP contribution in [0.2, 0.25) is 5.02 Å². The van der Waals surface area contributed by atoms with E-state index in [1.54, 1.807) is 32.5 Å². The predicted octanol–water partition coefficient (Wildman–Crippen LogP) is 8.66. The SMILES string of the molecule is CCCC(C=O)(CCCc1ccc(Sc2cccc(OCc3ccccc3)c2)cc1Cl)NC(=O)OC(C)(C)C. The number of carbonyl (C=O) groups excluding carboxylic acids is 2. The van der Waals surface area contributed by atoms with Crippen molar-refractivity contribution in [3.63, 3.8) is 0 Å². The fourth-order valence-electron chi connectivity index (χ4n) is 4.24. The Morgan fingerprint density at radius 3 is 2.38 bits per heavy atom. The normalized spacial score (nSPS) is 12.8. The lowest BCUT2D eigenvalue weighted by Crippen LogP contribution is -2.51. The topological polar surface area (TPSA) is 64.6 Å². The molecular weight excluding hydrogens is 530 g/mol. The van der Waals surface area contributed by atoms with Gasteiger partial charge in [-0.25, -0.2) is 4.79 Å². The van der Waals surface area contributed by atoms with Crippen LogP contribution in [-0.4, -0.2) is 23.5 Å². The molecule has 0 aliphatic heterocycles. The van der Waals surface area contributed by atoms with Crippen LogP contribution in [0.5, 0.6) is 5.75 Å². The van der Waals surface area contributed by atoms with Gasteiger partial charge in [0.25, 0.3) is 0 Å². The van der Waals surface area contributed by atoms with Gasteiger partial charge in [0.05, 0.1) is 5.54 Å². The van der Waals surface area contributed by atoms with E-state index in [2.05, 4.69) is 11.4 Å². The van der Waals surface area contributed by atoms with Crippen molar-refractivity contribution in [1.82, 2.24) is 5.32 Å². The van der Waals surface area contributed by atoms with Crippen molar-refractivity contribution in [3.8, 4) is 5.75 Å². The maximum atomic E-state index is 12.4. The van der Waals surface area contributed by atoms with Gasteiger partial charge in [-0.05, 0) is 87.9 Å². The maximum absolute atomic E-state index is 12.4. The van der Waals surface area contributed by atoms with E-state index in [0.29, 0.717) is 37.3 Å². The van der Waals surface area contributed by atoms with Crippen molar-refractivity contribution in [1.29, 1.82) is 0 Å². The molecule has 3 aromatic carbocycles. The third-order valence-corrected chi connectivity index (χ3v) is 7.39. The van der Waals surface area contributed by atoms with Crippen LogP contribution >= 0.6 is 23.4 Å². The summed E-state index contributed by atoms with van der Waals surface area (Å²) in [7, 11) is 0. The van der Waals surface area contributed by atoms with Crippen molar-refractivity contribution >= 4 is 35.7 Å². The van der Waals surface area contributed by atoms with E-state index in [9.17, 15) is 9.59 Å². The largest absolute Gasteiger partial charge is 0.489 e. The Morgan fingerprint density at radius 1 is 0.974 bits per heavy atom. The number of amides is 1. The van der Waals surface area contributed by atoms with Crippen molar-refractivity contribution < 1.29 is 19.1 Å². The van der Waals surface area contributed by atoms with E-state index in [0.717, 1.165) is 39.4 Å². The molecule has 3 rings (SSSR count). The molecule has 1 atom stereocenters. The van der Waals surface area contributed by atoms with Gasteiger partial charge in [-0.3, -0.25) is 0 Å². The standard InChI is InChI=1S/C32H38ClNO4S/c1-5-18-32(23-35,34-30(36)38-31(2,3)4)19-10-13-25-16-17-28(21-29(25)33)39-27-15-9-14-26(20-27)37-22-24-11-7-6-8-12-24/h6-9,11-12,14-17,20-21,23H,5,10,13,18-19,22H2,1-4H3,(H,34,36). The van der Waals surface area contributed by atoms with Crippen molar-refractivity contribution in [2.45, 2.75) is 87.3 Å². The number of carbonyl (C=O) groups is 2. The van der Waals surface area contributed by atoms with Crippen molar-refractivity contribution in [2.75, 3.05) is 0 Å². The second-order valence-corrected chi connectivity index (χ2v) is 12.2. The molecule has 39 heavy (non-hydrogen) atoms. The molecule has 1 amide bonds. The summed E-state index contributed by atoms with van der Waals surface area (Å²) in [6, 6.07) is 24.2. The number of alkyl carbamates (subject to hydrolysis) is 1. The second kappa shape index (κ2) is 14.4. The average Bonchev–Trinajstić information content (AvgIpc) is 2.88. The summed E-state index contributed by atoms with van der Waals surface area (Å²) in [6.07, 6.45) is 3.49. The highest BCUT2D eigenvalue weighted by Gasteiger charge is 2.32. The highest BCUT2D eigenvalue weighted by atomic mass is 35.5. The third kappa shape index (κ3) is 10.3. The molecule has 0 aliphatic rings. The number of halogens is 1. The molecule has 3 aromatic rings. The molecule has 0 heterocycles. The lowest BCUT2D eigenvalue weighted by atomic mass is 9.88. The molecule has 1 N–H and O–H groups in total. The van der Waals surface area contributed by atoms with Gasteiger partial charge in [0.15, 0.2) is 0 Å². The number of nitrogens with one attached hydrogen (secondary N) is 1. The maximum Gasteiger partial charge on any atom is 0.408 e. The summed E-state index contributed by atoms with van der Waals surface area (Å²) >= 11 is 8.27. The zero-order valence-electron chi connectivity index (χ0n) is 23.2. The first-order valence-electron chi connectivity index (χ1n) is 13.3. The number of aldehydes is 1. The van der Waals surface area contributed by atoms with Crippen LogP contribution in [0.1, 0.15) is 64.5 Å². The summed E-state index contributed by atoms with van der Waals surface area (Å²) in [6.45, 7) is 7.92. The zero-order chi connectivity index (χ0) is 28.3. The summed E-state index contributed by atoms with van der Waals surface area (Å²) in [5.41, 5.74) is 0.551. The quantitative estimate of drug-likeness (QED) is 0.209. The minimum atomic E-state index is -0.951. The van der Waals surface area contributed by atoms with E-state index in [-0.39, 0.29) is 0 Å². The van der Waals surface area contributed by atoms with E-state index in [4.69, 9.17) is 21.1 Å². The monoisotopic (exact) mass is 567 g/mol.